The Morgan fingerprint density at radius 3 is 2.27 bits per heavy atom. The predicted molar refractivity (Wildman–Crippen MR) is 44.3 cm³/mol. The number of aromatic hydroxyl groups is 2. The van der Waals surface area contributed by atoms with Gasteiger partial charge in [0.15, 0.2) is 11.5 Å². The highest BCUT2D eigenvalue weighted by Crippen LogP contribution is 2.34. The van der Waals surface area contributed by atoms with E-state index in [9.17, 15) is 5.11 Å². The van der Waals surface area contributed by atoms with E-state index in [4.69, 9.17) is 16.7 Å². The molecule has 0 fully saturated rings. The highest BCUT2D eigenvalue weighted by atomic mass is 35.5. The van der Waals surface area contributed by atoms with Crippen LogP contribution in [-0.2, 0) is 0 Å². The number of halogens is 1. The first-order chi connectivity index (χ1) is 5.04. The molecule has 0 bridgehead atoms. The molecular weight excluding hydrogens is 164 g/mol. The van der Waals surface area contributed by atoms with E-state index in [1.165, 1.54) is 6.07 Å². The molecule has 11 heavy (non-hydrogen) atoms. The van der Waals surface area contributed by atoms with E-state index in [1.807, 2.05) is 0 Å². The predicted octanol–water partition coefficient (Wildman–Crippen LogP) is 2.37. The average molecular weight is 173 g/mol. The monoisotopic (exact) mass is 172 g/mol. The maximum absolute atomic E-state index is 9.20. The van der Waals surface area contributed by atoms with Crippen LogP contribution in [0.25, 0.3) is 0 Å². The minimum atomic E-state index is -0.168. The number of benzene rings is 1. The van der Waals surface area contributed by atoms with Crippen molar-refractivity contribution in [3.63, 3.8) is 0 Å². The van der Waals surface area contributed by atoms with E-state index in [1.54, 1.807) is 13.8 Å². The SMILES string of the molecule is Cc1c(Cl)cc(O)c(O)c1C. The summed E-state index contributed by atoms with van der Waals surface area (Å²) >= 11 is 5.72. The lowest BCUT2D eigenvalue weighted by atomic mass is 10.1. The van der Waals surface area contributed by atoms with Crippen LogP contribution in [0.4, 0.5) is 0 Å². The summed E-state index contributed by atoms with van der Waals surface area (Å²) in [4.78, 5) is 0. The minimum Gasteiger partial charge on any atom is -0.504 e. The Morgan fingerprint density at radius 1 is 1.18 bits per heavy atom. The summed E-state index contributed by atoms with van der Waals surface area (Å²) in [5.74, 6) is -0.259. The van der Waals surface area contributed by atoms with Crippen molar-refractivity contribution in [2.45, 2.75) is 13.8 Å². The first-order valence-corrected chi connectivity index (χ1v) is 3.59. The van der Waals surface area contributed by atoms with Crippen LogP contribution in [0.1, 0.15) is 11.1 Å². The van der Waals surface area contributed by atoms with Crippen LogP contribution >= 0.6 is 11.6 Å². The van der Waals surface area contributed by atoms with Gasteiger partial charge in [-0.1, -0.05) is 11.6 Å². The lowest BCUT2D eigenvalue weighted by Gasteiger charge is -2.06. The molecule has 1 aromatic carbocycles. The number of hydrogen-bond donors (Lipinski definition) is 2. The zero-order valence-electron chi connectivity index (χ0n) is 6.35. The Hall–Kier alpha value is -0.890. The van der Waals surface area contributed by atoms with Crippen LogP contribution in [0.5, 0.6) is 11.5 Å². The Bertz CT molecular complexity index is 268. The van der Waals surface area contributed by atoms with Crippen molar-refractivity contribution < 1.29 is 10.2 Å². The molecule has 0 aliphatic heterocycles. The summed E-state index contributed by atoms with van der Waals surface area (Å²) in [6, 6.07) is 1.33. The van der Waals surface area contributed by atoms with Crippen LogP contribution in [-0.4, -0.2) is 10.2 Å². The molecule has 0 saturated carbocycles. The molecule has 2 nitrogen and oxygen atoms in total. The van der Waals surface area contributed by atoms with E-state index >= 15 is 0 Å². The van der Waals surface area contributed by atoms with E-state index in [0.29, 0.717) is 10.6 Å². The van der Waals surface area contributed by atoms with Crippen molar-refractivity contribution in [2.75, 3.05) is 0 Å². The maximum Gasteiger partial charge on any atom is 0.160 e. The van der Waals surface area contributed by atoms with Gasteiger partial charge in [-0.15, -0.1) is 0 Å². The largest absolute Gasteiger partial charge is 0.504 e. The fraction of sp³-hybridized carbons (Fsp3) is 0.250. The van der Waals surface area contributed by atoms with Crippen molar-refractivity contribution in [1.82, 2.24) is 0 Å². The molecule has 0 spiro atoms. The van der Waals surface area contributed by atoms with Crippen LogP contribution in [0.15, 0.2) is 6.07 Å². The number of hydrogen-bond acceptors (Lipinski definition) is 2. The molecule has 1 rings (SSSR count). The third-order valence-corrected chi connectivity index (χ3v) is 2.17. The van der Waals surface area contributed by atoms with Gasteiger partial charge in [0.1, 0.15) is 0 Å². The van der Waals surface area contributed by atoms with Crippen LogP contribution in [0, 0.1) is 13.8 Å². The smallest absolute Gasteiger partial charge is 0.160 e. The van der Waals surface area contributed by atoms with Crippen LogP contribution < -0.4 is 0 Å². The zero-order valence-corrected chi connectivity index (χ0v) is 7.11. The maximum atomic E-state index is 9.20. The Labute approximate surface area is 70.1 Å². The molecular formula is C8H9ClO2. The van der Waals surface area contributed by atoms with Crippen LogP contribution in [0.2, 0.25) is 5.02 Å². The summed E-state index contributed by atoms with van der Waals surface area (Å²) in [7, 11) is 0. The van der Waals surface area contributed by atoms with E-state index in [2.05, 4.69) is 0 Å². The Kier molecular flexibility index (Phi) is 1.96. The number of phenolic OH excluding ortho intramolecular Hbond substituents is 2. The van der Waals surface area contributed by atoms with Gasteiger partial charge in [-0.05, 0) is 25.0 Å². The molecule has 0 aromatic heterocycles. The molecule has 2 N–H and O–H groups in total. The average Bonchev–Trinajstić information content (AvgIpc) is 1.97. The van der Waals surface area contributed by atoms with Gasteiger partial charge in [0.2, 0.25) is 0 Å². The normalized spacial score (nSPS) is 10.1. The van der Waals surface area contributed by atoms with Crippen molar-refractivity contribution in [1.29, 1.82) is 0 Å². The molecule has 0 unspecified atom stereocenters. The highest BCUT2D eigenvalue weighted by molar-refractivity contribution is 6.31. The molecule has 0 atom stereocenters. The second-order valence-corrected chi connectivity index (χ2v) is 2.88. The molecule has 3 heteroatoms. The third kappa shape index (κ3) is 1.26. The minimum absolute atomic E-state index is 0.0908. The van der Waals surface area contributed by atoms with Gasteiger partial charge in [-0.25, -0.2) is 0 Å². The summed E-state index contributed by atoms with van der Waals surface area (Å²) in [6.45, 7) is 3.49. The zero-order chi connectivity index (χ0) is 8.59. The van der Waals surface area contributed by atoms with Gasteiger partial charge in [-0.2, -0.15) is 0 Å². The second kappa shape index (κ2) is 2.62. The summed E-state index contributed by atoms with van der Waals surface area (Å²) in [5.41, 5.74) is 1.41. The van der Waals surface area contributed by atoms with Crippen molar-refractivity contribution in [3.8, 4) is 11.5 Å². The third-order valence-electron chi connectivity index (χ3n) is 1.78. The lowest BCUT2D eigenvalue weighted by molar-refractivity contribution is 0.400. The first kappa shape index (κ1) is 8.21. The van der Waals surface area contributed by atoms with E-state index in [-0.39, 0.29) is 11.5 Å². The van der Waals surface area contributed by atoms with Gasteiger partial charge in [-0.3, -0.25) is 0 Å². The Balaban J connectivity index is 3.46. The quantitative estimate of drug-likeness (QED) is 0.590. The molecule has 0 heterocycles. The first-order valence-electron chi connectivity index (χ1n) is 3.21. The molecule has 0 aliphatic carbocycles. The molecule has 0 saturated heterocycles. The van der Waals surface area contributed by atoms with Gasteiger partial charge in [0.05, 0.1) is 0 Å². The van der Waals surface area contributed by atoms with Crippen molar-refractivity contribution >= 4 is 11.6 Å². The second-order valence-electron chi connectivity index (χ2n) is 2.48. The molecule has 0 aliphatic rings. The Morgan fingerprint density at radius 2 is 1.73 bits per heavy atom. The standard InChI is InChI=1S/C8H9ClO2/c1-4-5(2)8(11)7(10)3-6(4)9/h3,10-11H,1-2H3. The van der Waals surface area contributed by atoms with Crippen molar-refractivity contribution in [3.05, 3.63) is 22.2 Å². The van der Waals surface area contributed by atoms with Gasteiger partial charge in [0, 0.05) is 11.1 Å². The van der Waals surface area contributed by atoms with E-state index in [0.717, 1.165) is 5.56 Å². The molecule has 0 radical (unpaired) electrons. The topological polar surface area (TPSA) is 40.5 Å². The molecule has 1 aromatic rings. The van der Waals surface area contributed by atoms with Crippen molar-refractivity contribution in [2.24, 2.45) is 0 Å². The molecule has 60 valence electrons. The van der Waals surface area contributed by atoms with Gasteiger partial charge >= 0.3 is 0 Å². The van der Waals surface area contributed by atoms with E-state index < -0.39 is 0 Å². The van der Waals surface area contributed by atoms with Crippen LogP contribution in [0.3, 0.4) is 0 Å². The fourth-order valence-electron chi connectivity index (χ4n) is 0.845. The van der Waals surface area contributed by atoms with Gasteiger partial charge < -0.3 is 10.2 Å². The van der Waals surface area contributed by atoms with Gasteiger partial charge in [0.25, 0.3) is 0 Å². The number of phenols is 2. The number of rotatable bonds is 0. The summed E-state index contributed by atoms with van der Waals surface area (Å²) in [5, 5.41) is 18.7. The highest BCUT2D eigenvalue weighted by Gasteiger charge is 2.08. The summed E-state index contributed by atoms with van der Waals surface area (Å²) in [6.07, 6.45) is 0. The lowest BCUT2D eigenvalue weighted by Crippen LogP contribution is -1.83. The summed E-state index contributed by atoms with van der Waals surface area (Å²) < 4.78 is 0. The molecule has 0 amide bonds. The fourth-order valence-corrected chi connectivity index (χ4v) is 1.09.